The third-order valence-corrected chi connectivity index (χ3v) is 4.62. The van der Waals surface area contributed by atoms with E-state index in [2.05, 4.69) is 16.9 Å². The summed E-state index contributed by atoms with van der Waals surface area (Å²) in [7, 11) is -3.54. The number of nitrogens with zero attached hydrogens (tertiary/aromatic N) is 2. The first kappa shape index (κ1) is 16.8. The number of likely N-dealkylation sites (N-methyl/N-ethyl adjacent to an activating group) is 1. The van der Waals surface area contributed by atoms with Crippen molar-refractivity contribution in [1.29, 1.82) is 0 Å². The Hall–Kier alpha value is -1.24. The first-order chi connectivity index (χ1) is 9.41. The third kappa shape index (κ3) is 4.40. The zero-order valence-electron chi connectivity index (χ0n) is 12.4. The molecule has 0 unspecified atom stereocenters. The second-order valence-electron chi connectivity index (χ2n) is 4.67. The lowest BCUT2D eigenvalue weighted by atomic mass is 10.3. The monoisotopic (exact) mass is 297 g/mol. The molecule has 1 heterocycles. The highest BCUT2D eigenvalue weighted by Gasteiger charge is 2.24. The molecular weight excluding hydrogens is 274 g/mol. The van der Waals surface area contributed by atoms with Gasteiger partial charge < -0.3 is 5.32 Å². The van der Waals surface area contributed by atoms with Gasteiger partial charge >= 0.3 is 0 Å². The molecule has 1 N–H and O–H groups in total. The Morgan fingerprint density at radius 3 is 2.55 bits per heavy atom. The van der Waals surface area contributed by atoms with E-state index in [-0.39, 0.29) is 5.03 Å². The van der Waals surface area contributed by atoms with Crippen LogP contribution in [0.5, 0.6) is 0 Å². The van der Waals surface area contributed by atoms with Gasteiger partial charge in [0.25, 0.3) is 10.0 Å². The topological polar surface area (TPSA) is 62.3 Å². The fourth-order valence-electron chi connectivity index (χ4n) is 1.74. The van der Waals surface area contributed by atoms with E-state index in [9.17, 15) is 8.42 Å². The summed E-state index contributed by atoms with van der Waals surface area (Å²) < 4.78 is 26.2. The van der Waals surface area contributed by atoms with E-state index in [0.29, 0.717) is 19.6 Å². The van der Waals surface area contributed by atoms with Crippen molar-refractivity contribution in [3.63, 3.8) is 0 Å². The minimum absolute atomic E-state index is 0.0841. The second-order valence-corrected chi connectivity index (χ2v) is 6.56. The largest absolute Gasteiger partial charge is 0.313 e. The SMILES string of the molecule is C=C(C)CN(CC)S(=O)(=O)c1ccc(CNCC)cn1. The molecule has 1 aromatic rings. The van der Waals surface area contributed by atoms with Gasteiger partial charge in [0.05, 0.1) is 0 Å². The lowest BCUT2D eigenvalue weighted by Gasteiger charge is -2.20. The zero-order chi connectivity index (χ0) is 15.2. The predicted octanol–water partition coefficient (Wildman–Crippen LogP) is 1.78. The van der Waals surface area contributed by atoms with Gasteiger partial charge in [0.1, 0.15) is 0 Å². The Kier molecular flexibility index (Phi) is 6.32. The van der Waals surface area contributed by atoms with Gasteiger partial charge in [-0.05, 0) is 25.1 Å². The third-order valence-electron chi connectivity index (χ3n) is 2.78. The minimum Gasteiger partial charge on any atom is -0.313 e. The number of hydrogen-bond acceptors (Lipinski definition) is 4. The molecule has 0 radical (unpaired) electrons. The molecule has 1 aromatic heterocycles. The normalized spacial score (nSPS) is 11.8. The lowest BCUT2D eigenvalue weighted by Crippen LogP contribution is -2.32. The van der Waals surface area contributed by atoms with Crippen LogP contribution in [-0.4, -0.2) is 37.3 Å². The van der Waals surface area contributed by atoms with Crippen LogP contribution in [0.1, 0.15) is 26.3 Å². The van der Waals surface area contributed by atoms with Crippen molar-refractivity contribution >= 4 is 10.0 Å². The van der Waals surface area contributed by atoms with Crippen LogP contribution >= 0.6 is 0 Å². The molecule has 0 saturated carbocycles. The Labute approximate surface area is 121 Å². The fraction of sp³-hybridized carbons (Fsp3) is 0.500. The maximum absolute atomic E-state index is 12.4. The van der Waals surface area contributed by atoms with Crippen LogP contribution in [0.4, 0.5) is 0 Å². The molecule has 0 aliphatic heterocycles. The number of rotatable bonds is 8. The molecule has 0 aliphatic rings. The number of sulfonamides is 1. The van der Waals surface area contributed by atoms with Gasteiger partial charge in [0.2, 0.25) is 0 Å². The molecule has 0 saturated heterocycles. The summed E-state index contributed by atoms with van der Waals surface area (Å²) in [6, 6.07) is 3.35. The predicted molar refractivity (Wildman–Crippen MR) is 80.9 cm³/mol. The molecule has 1 rings (SSSR count). The summed E-state index contributed by atoms with van der Waals surface area (Å²) in [6.07, 6.45) is 1.60. The zero-order valence-corrected chi connectivity index (χ0v) is 13.2. The maximum atomic E-state index is 12.4. The number of aromatic nitrogens is 1. The van der Waals surface area contributed by atoms with Crippen LogP contribution in [0.2, 0.25) is 0 Å². The Balaban J connectivity index is 2.94. The molecule has 5 nitrogen and oxygen atoms in total. The summed E-state index contributed by atoms with van der Waals surface area (Å²) in [5.74, 6) is 0. The standard InChI is InChI=1S/C14H23N3O2S/c1-5-15-9-13-7-8-14(16-10-13)20(18,19)17(6-2)11-12(3)4/h7-8,10,15H,3,5-6,9,11H2,1-2,4H3. The minimum atomic E-state index is -3.54. The fourth-order valence-corrected chi connectivity index (χ4v) is 3.16. The van der Waals surface area contributed by atoms with E-state index >= 15 is 0 Å². The Morgan fingerprint density at radius 1 is 1.40 bits per heavy atom. The van der Waals surface area contributed by atoms with Crippen molar-refractivity contribution in [2.24, 2.45) is 0 Å². The summed E-state index contributed by atoms with van der Waals surface area (Å²) in [5.41, 5.74) is 1.77. The second kappa shape index (κ2) is 7.52. The Morgan fingerprint density at radius 2 is 2.10 bits per heavy atom. The van der Waals surface area contributed by atoms with Gasteiger partial charge in [0.15, 0.2) is 5.03 Å². The van der Waals surface area contributed by atoms with E-state index in [1.54, 1.807) is 25.3 Å². The molecule has 20 heavy (non-hydrogen) atoms. The van der Waals surface area contributed by atoms with Crippen LogP contribution in [0.25, 0.3) is 0 Å². The molecule has 0 fully saturated rings. The van der Waals surface area contributed by atoms with Crippen molar-refractivity contribution < 1.29 is 8.42 Å². The van der Waals surface area contributed by atoms with Crippen LogP contribution in [0.15, 0.2) is 35.5 Å². The average Bonchev–Trinajstić information content (AvgIpc) is 2.42. The molecule has 0 spiro atoms. The maximum Gasteiger partial charge on any atom is 0.260 e. The highest BCUT2D eigenvalue weighted by molar-refractivity contribution is 7.89. The van der Waals surface area contributed by atoms with Gasteiger partial charge in [-0.1, -0.05) is 32.1 Å². The van der Waals surface area contributed by atoms with Gasteiger partial charge in [-0.3, -0.25) is 0 Å². The van der Waals surface area contributed by atoms with Crippen molar-refractivity contribution in [2.75, 3.05) is 19.6 Å². The quantitative estimate of drug-likeness (QED) is 0.743. The van der Waals surface area contributed by atoms with Crippen LogP contribution in [-0.2, 0) is 16.6 Å². The van der Waals surface area contributed by atoms with Crippen molar-refractivity contribution in [3.8, 4) is 0 Å². The van der Waals surface area contributed by atoms with E-state index in [1.165, 1.54) is 4.31 Å². The highest BCUT2D eigenvalue weighted by atomic mass is 32.2. The van der Waals surface area contributed by atoms with Crippen LogP contribution in [0, 0.1) is 0 Å². The lowest BCUT2D eigenvalue weighted by molar-refractivity contribution is 0.450. The van der Waals surface area contributed by atoms with Gasteiger partial charge in [-0.2, -0.15) is 4.31 Å². The summed E-state index contributed by atoms with van der Waals surface area (Å²) in [6.45, 7) is 11.7. The summed E-state index contributed by atoms with van der Waals surface area (Å²) >= 11 is 0. The van der Waals surface area contributed by atoms with E-state index < -0.39 is 10.0 Å². The van der Waals surface area contributed by atoms with E-state index in [0.717, 1.165) is 17.7 Å². The summed E-state index contributed by atoms with van der Waals surface area (Å²) in [5, 5.41) is 3.26. The van der Waals surface area contributed by atoms with Crippen molar-refractivity contribution in [3.05, 3.63) is 36.0 Å². The first-order valence-corrected chi connectivity index (χ1v) is 8.16. The van der Waals surface area contributed by atoms with Crippen molar-refractivity contribution in [2.45, 2.75) is 32.3 Å². The first-order valence-electron chi connectivity index (χ1n) is 6.72. The molecule has 0 aliphatic carbocycles. The van der Waals surface area contributed by atoms with Crippen molar-refractivity contribution in [1.82, 2.24) is 14.6 Å². The highest BCUT2D eigenvalue weighted by Crippen LogP contribution is 2.14. The van der Waals surface area contributed by atoms with Gasteiger partial charge in [0, 0.05) is 25.8 Å². The van der Waals surface area contributed by atoms with Crippen LogP contribution in [0.3, 0.4) is 0 Å². The van der Waals surface area contributed by atoms with Crippen LogP contribution < -0.4 is 5.32 Å². The molecule has 0 aromatic carbocycles. The molecule has 0 atom stereocenters. The average molecular weight is 297 g/mol. The van der Waals surface area contributed by atoms with Gasteiger partial charge in [-0.15, -0.1) is 0 Å². The smallest absolute Gasteiger partial charge is 0.260 e. The molecule has 6 heteroatoms. The van der Waals surface area contributed by atoms with E-state index in [4.69, 9.17) is 0 Å². The number of nitrogens with one attached hydrogen (secondary N) is 1. The molecule has 112 valence electrons. The number of pyridine rings is 1. The number of hydrogen-bond donors (Lipinski definition) is 1. The molecular formula is C14H23N3O2S. The van der Waals surface area contributed by atoms with Gasteiger partial charge in [-0.25, -0.2) is 13.4 Å². The molecule has 0 bridgehead atoms. The van der Waals surface area contributed by atoms with E-state index in [1.807, 2.05) is 13.8 Å². The molecule has 0 amide bonds. The summed E-state index contributed by atoms with van der Waals surface area (Å²) in [4.78, 5) is 4.08. The Bertz CT molecular complexity index is 538.